The highest BCUT2D eigenvalue weighted by Crippen LogP contribution is 2.37. The molecule has 0 bridgehead atoms. The number of urea groups is 1. The minimum atomic E-state index is -4.12. The van der Waals surface area contributed by atoms with Crippen LogP contribution in [-0.2, 0) is 27.8 Å². The van der Waals surface area contributed by atoms with Gasteiger partial charge in [0.2, 0.25) is 5.91 Å². The lowest BCUT2D eigenvalue weighted by atomic mass is 10.1. The van der Waals surface area contributed by atoms with E-state index in [1.54, 1.807) is 36.4 Å². The van der Waals surface area contributed by atoms with Crippen molar-refractivity contribution in [1.29, 1.82) is 0 Å². The third-order valence-electron chi connectivity index (χ3n) is 5.29. The Morgan fingerprint density at radius 3 is 2.22 bits per heavy atom. The highest BCUT2D eigenvalue weighted by molar-refractivity contribution is 7.94. The molecular formula is C24H23N3O4S. The average Bonchev–Trinajstić information content (AvgIpc) is 2.81. The quantitative estimate of drug-likeness (QED) is 0.622. The number of nitrogens with zero attached hydrogens (tertiary/aromatic N) is 2. The Kier molecular flexibility index (Phi) is 5.96. The minimum absolute atomic E-state index is 0.0185. The van der Waals surface area contributed by atoms with Crippen LogP contribution in [0, 0.1) is 0 Å². The van der Waals surface area contributed by atoms with Gasteiger partial charge in [0.25, 0.3) is 10.0 Å². The van der Waals surface area contributed by atoms with E-state index in [0.29, 0.717) is 6.54 Å². The number of rotatable bonds is 6. The molecule has 164 valence electrons. The van der Waals surface area contributed by atoms with Crippen molar-refractivity contribution in [3.05, 3.63) is 90.0 Å². The second-order valence-electron chi connectivity index (χ2n) is 7.39. The standard InChI is InChI=1S/C24H23N3O4S/c1-2-18-12-14-20(15-13-18)27-24(29)26(21-10-6-7-11-22(21)32(27,30)31)17-23(28)25-16-19-8-4-3-5-9-19/h3-15H,2,16-17H2,1H3,(H,25,28). The third kappa shape index (κ3) is 4.09. The van der Waals surface area contributed by atoms with Crippen LogP contribution in [0.4, 0.5) is 16.2 Å². The number of carbonyl (C=O) groups is 2. The molecular weight excluding hydrogens is 426 g/mol. The number of hydrogen-bond donors (Lipinski definition) is 1. The second-order valence-corrected chi connectivity index (χ2v) is 9.14. The predicted octanol–water partition coefficient (Wildman–Crippen LogP) is 3.70. The lowest BCUT2D eigenvalue weighted by molar-refractivity contribution is -0.119. The SMILES string of the molecule is CCc1ccc(N2C(=O)N(CC(=O)NCc3ccccc3)c3ccccc3S2(=O)=O)cc1. The van der Waals surface area contributed by atoms with Crippen molar-refractivity contribution in [2.45, 2.75) is 24.8 Å². The van der Waals surface area contributed by atoms with Crippen LogP contribution in [0.3, 0.4) is 0 Å². The summed E-state index contributed by atoms with van der Waals surface area (Å²) in [5.41, 5.74) is 2.37. The number of benzene rings is 3. The van der Waals surface area contributed by atoms with Gasteiger partial charge < -0.3 is 5.32 Å². The molecule has 0 radical (unpaired) electrons. The number of carbonyl (C=O) groups excluding carboxylic acids is 2. The molecule has 1 N–H and O–H groups in total. The average molecular weight is 450 g/mol. The topological polar surface area (TPSA) is 86.8 Å². The van der Waals surface area contributed by atoms with E-state index in [9.17, 15) is 18.0 Å². The summed E-state index contributed by atoms with van der Waals surface area (Å²) >= 11 is 0. The molecule has 3 aromatic carbocycles. The molecule has 7 nitrogen and oxygen atoms in total. The van der Waals surface area contributed by atoms with Gasteiger partial charge >= 0.3 is 6.03 Å². The zero-order chi connectivity index (χ0) is 22.7. The van der Waals surface area contributed by atoms with Gasteiger partial charge in [-0.05, 0) is 41.8 Å². The van der Waals surface area contributed by atoms with Crippen LogP contribution >= 0.6 is 0 Å². The van der Waals surface area contributed by atoms with E-state index in [0.717, 1.165) is 21.9 Å². The van der Waals surface area contributed by atoms with Crippen LogP contribution in [0.2, 0.25) is 0 Å². The van der Waals surface area contributed by atoms with Gasteiger partial charge in [0.05, 0.1) is 11.4 Å². The number of fused-ring (bicyclic) bond motifs is 1. The molecule has 32 heavy (non-hydrogen) atoms. The zero-order valence-electron chi connectivity index (χ0n) is 17.6. The minimum Gasteiger partial charge on any atom is -0.350 e. The normalized spacial score (nSPS) is 14.7. The maximum atomic E-state index is 13.4. The Labute approximate surface area is 187 Å². The number of nitrogens with one attached hydrogen (secondary N) is 1. The Morgan fingerprint density at radius 2 is 1.53 bits per heavy atom. The molecule has 1 aliphatic heterocycles. The summed E-state index contributed by atoms with van der Waals surface area (Å²) in [7, 11) is -4.12. The van der Waals surface area contributed by atoms with Gasteiger partial charge in [0, 0.05) is 6.54 Å². The molecule has 3 amide bonds. The van der Waals surface area contributed by atoms with Gasteiger partial charge in [0.15, 0.2) is 0 Å². The van der Waals surface area contributed by atoms with Gasteiger partial charge in [-0.1, -0.05) is 61.5 Å². The first-order chi connectivity index (χ1) is 15.4. The molecule has 0 saturated heterocycles. The van der Waals surface area contributed by atoms with E-state index in [1.807, 2.05) is 37.3 Å². The molecule has 1 aliphatic rings. The Hall–Kier alpha value is -3.65. The molecule has 0 fully saturated rings. The second kappa shape index (κ2) is 8.84. The highest BCUT2D eigenvalue weighted by Gasteiger charge is 2.42. The highest BCUT2D eigenvalue weighted by atomic mass is 32.2. The van der Waals surface area contributed by atoms with Gasteiger partial charge in [0.1, 0.15) is 11.4 Å². The van der Waals surface area contributed by atoms with Crippen molar-refractivity contribution in [2.75, 3.05) is 15.7 Å². The summed E-state index contributed by atoms with van der Waals surface area (Å²) in [6, 6.07) is 21.6. The number of aryl methyl sites for hydroxylation is 1. The van der Waals surface area contributed by atoms with Crippen molar-refractivity contribution >= 4 is 33.3 Å². The van der Waals surface area contributed by atoms with Crippen LogP contribution in [0.25, 0.3) is 0 Å². The molecule has 0 unspecified atom stereocenters. The lowest BCUT2D eigenvalue weighted by Gasteiger charge is -2.35. The monoisotopic (exact) mass is 449 g/mol. The van der Waals surface area contributed by atoms with Crippen LogP contribution < -0.4 is 14.5 Å². The van der Waals surface area contributed by atoms with Crippen LogP contribution in [0.15, 0.2) is 83.8 Å². The van der Waals surface area contributed by atoms with E-state index < -0.39 is 22.0 Å². The molecule has 0 aliphatic carbocycles. The first kappa shape index (κ1) is 21.6. The summed E-state index contributed by atoms with van der Waals surface area (Å²) in [6.07, 6.45) is 0.789. The fourth-order valence-electron chi connectivity index (χ4n) is 3.58. The number of para-hydroxylation sites is 1. The first-order valence-electron chi connectivity index (χ1n) is 10.3. The Balaban J connectivity index is 1.65. The molecule has 0 saturated carbocycles. The van der Waals surface area contributed by atoms with Crippen molar-refractivity contribution in [3.63, 3.8) is 0 Å². The zero-order valence-corrected chi connectivity index (χ0v) is 18.4. The van der Waals surface area contributed by atoms with Crippen molar-refractivity contribution in [3.8, 4) is 0 Å². The summed E-state index contributed by atoms with van der Waals surface area (Å²) < 4.78 is 27.3. The molecule has 0 aromatic heterocycles. The molecule has 8 heteroatoms. The summed E-state index contributed by atoms with van der Waals surface area (Å²) in [4.78, 5) is 27.2. The van der Waals surface area contributed by atoms with Gasteiger partial charge in [-0.2, -0.15) is 4.31 Å². The van der Waals surface area contributed by atoms with Gasteiger partial charge in [-0.3, -0.25) is 9.69 Å². The summed E-state index contributed by atoms with van der Waals surface area (Å²) in [5.74, 6) is -0.391. The fourth-order valence-corrected chi connectivity index (χ4v) is 5.17. The molecule has 1 heterocycles. The van der Waals surface area contributed by atoms with E-state index >= 15 is 0 Å². The van der Waals surface area contributed by atoms with Crippen molar-refractivity contribution in [1.82, 2.24) is 5.32 Å². The Bertz CT molecular complexity index is 1240. The van der Waals surface area contributed by atoms with Crippen LogP contribution in [-0.4, -0.2) is 26.9 Å². The van der Waals surface area contributed by atoms with E-state index in [4.69, 9.17) is 0 Å². The Morgan fingerprint density at radius 1 is 0.875 bits per heavy atom. The fraction of sp³-hybridized carbons (Fsp3) is 0.167. The summed E-state index contributed by atoms with van der Waals surface area (Å²) in [6.45, 7) is 2.00. The summed E-state index contributed by atoms with van der Waals surface area (Å²) in [5, 5.41) is 2.79. The van der Waals surface area contributed by atoms with Crippen molar-refractivity contribution < 1.29 is 18.0 Å². The number of amides is 3. The smallest absolute Gasteiger partial charge is 0.343 e. The van der Waals surface area contributed by atoms with Crippen molar-refractivity contribution in [2.24, 2.45) is 0 Å². The van der Waals surface area contributed by atoms with E-state index in [2.05, 4.69) is 5.32 Å². The van der Waals surface area contributed by atoms with E-state index in [1.165, 1.54) is 17.0 Å². The maximum absolute atomic E-state index is 13.4. The lowest BCUT2D eigenvalue weighted by Crippen LogP contribution is -2.53. The molecule has 3 aromatic rings. The van der Waals surface area contributed by atoms with E-state index in [-0.39, 0.29) is 22.8 Å². The van der Waals surface area contributed by atoms with Crippen LogP contribution in [0.1, 0.15) is 18.1 Å². The first-order valence-corrected chi connectivity index (χ1v) is 11.7. The third-order valence-corrected chi connectivity index (χ3v) is 7.04. The van der Waals surface area contributed by atoms with Gasteiger partial charge in [-0.15, -0.1) is 0 Å². The molecule has 0 spiro atoms. The largest absolute Gasteiger partial charge is 0.350 e. The maximum Gasteiger partial charge on any atom is 0.343 e. The number of hydrogen-bond acceptors (Lipinski definition) is 4. The van der Waals surface area contributed by atoms with Crippen LogP contribution in [0.5, 0.6) is 0 Å². The molecule has 4 rings (SSSR count). The van der Waals surface area contributed by atoms with Gasteiger partial charge in [-0.25, -0.2) is 13.2 Å². The predicted molar refractivity (Wildman–Crippen MR) is 123 cm³/mol. The number of sulfonamides is 1. The number of anilines is 2. The molecule has 0 atom stereocenters.